The van der Waals surface area contributed by atoms with Crippen molar-refractivity contribution in [2.75, 3.05) is 32.7 Å². The number of thiocarbonyl (C=S) groups is 2. The highest BCUT2D eigenvalue weighted by molar-refractivity contribution is 7.80. The molecule has 0 radical (unpaired) electrons. The Bertz CT molecular complexity index is 433. The lowest BCUT2D eigenvalue weighted by molar-refractivity contribution is 0.193. The van der Waals surface area contributed by atoms with Crippen molar-refractivity contribution in [1.82, 2.24) is 20.4 Å². The molecule has 0 bridgehead atoms. The van der Waals surface area contributed by atoms with Crippen LogP contribution >= 0.6 is 24.4 Å². The molecule has 1 fully saturated rings. The molecule has 0 saturated carbocycles. The molecule has 0 aliphatic carbocycles. The SMILES string of the molecule is C=C(C)CNC(=S)N1CCN(C(=S)NCC(=C)C)C(C)C1. The fourth-order valence-corrected chi connectivity index (χ4v) is 2.69. The minimum absolute atomic E-state index is 0.327. The third kappa shape index (κ3) is 6.01. The average molecular weight is 327 g/mol. The van der Waals surface area contributed by atoms with Crippen LogP contribution in [-0.4, -0.2) is 58.8 Å². The molecule has 0 amide bonds. The summed E-state index contributed by atoms with van der Waals surface area (Å²) < 4.78 is 0. The van der Waals surface area contributed by atoms with E-state index in [1.54, 1.807) is 0 Å². The highest BCUT2D eigenvalue weighted by Gasteiger charge is 2.26. The first kappa shape index (κ1) is 17.9. The van der Waals surface area contributed by atoms with Gasteiger partial charge in [-0.05, 0) is 45.2 Å². The smallest absolute Gasteiger partial charge is 0.169 e. The summed E-state index contributed by atoms with van der Waals surface area (Å²) in [6.07, 6.45) is 0. The molecule has 1 saturated heterocycles. The van der Waals surface area contributed by atoms with Crippen molar-refractivity contribution in [3.63, 3.8) is 0 Å². The fraction of sp³-hybridized carbons (Fsp3) is 0.600. The quantitative estimate of drug-likeness (QED) is 0.606. The largest absolute Gasteiger partial charge is 0.359 e. The number of rotatable bonds is 4. The number of nitrogens with zero attached hydrogens (tertiary/aromatic N) is 2. The number of hydrogen-bond donors (Lipinski definition) is 2. The van der Waals surface area contributed by atoms with Crippen LogP contribution in [0.2, 0.25) is 0 Å². The lowest BCUT2D eigenvalue weighted by Crippen LogP contribution is -2.59. The maximum atomic E-state index is 5.45. The van der Waals surface area contributed by atoms with Gasteiger partial charge in [-0.15, -0.1) is 0 Å². The second-order valence-corrected chi connectivity index (χ2v) is 6.49. The zero-order chi connectivity index (χ0) is 16.0. The second kappa shape index (κ2) is 8.34. The maximum Gasteiger partial charge on any atom is 0.169 e. The summed E-state index contributed by atoms with van der Waals surface area (Å²) in [7, 11) is 0. The second-order valence-electron chi connectivity index (χ2n) is 5.72. The van der Waals surface area contributed by atoms with Gasteiger partial charge in [0.1, 0.15) is 0 Å². The molecule has 0 spiro atoms. The molecule has 118 valence electrons. The Kier molecular flexibility index (Phi) is 7.11. The Morgan fingerprint density at radius 2 is 1.57 bits per heavy atom. The van der Waals surface area contributed by atoms with Crippen LogP contribution in [0, 0.1) is 0 Å². The van der Waals surface area contributed by atoms with Gasteiger partial charge in [0.05, 0.1) is 0 Å². The molecule has 1 rings (SSSR count). The fourth-order valence-electron chi connectivity index (χ4n) is 2.11. The minimum atomic E-state index is 0.327. The molecule has 1 aliphatic heterocycles. The van der Waals surface area contributed by atoms with Crippen LogP contribution in [-0.2, 0) is 0 Å². The van der Waals surface area contributed by atoms with Crippen LogP contribution < -0.4 is 10.6 Å². The van der Waals surface area contributed by atoms with Gasteiger partial charge in [0.25, 0.3) is 0 Å². The van der Waals surface area contributed by atoms with Gasteiger partial charge in [-0.2, -0.15) is 0 Å². The van der Waals surface area contributed by atoms with E-state index in [4.69, 9.17) is 24.4 Å². The summed E-state index contributed by atoms with van der Waals surface area (Å²) in [6, 6.07) is 0.327. The van der Waals surface area contributed by atoms with Crippen molar-refractivity contribution >= 4 is 34.7 Å². The Morgan fingerprint density at radius 1 is 1.05 bits per heavy atom. The Labute approximate surface area is 139 Å². The van der Waals surface area contributed by atoms with E-state index in [9.17, 15) is 0 Å². The molecule has 1 unspecified atom stereocenters. The van der Waals surface area contributed by atoms with Crippen LogP contribution in [0.3, 0.4) is 0 Å². The summed E-state index contributed by atoms with van der Waals surface area (Å²) in [5.74, 6) is 0. The molecule has 0 aromatic carbocycles. The number of hydrogen-bond acceptors (Lipinski definition) is 2. The summed E-state index contributed by atoms with van der Waals surface area (Å²) in [6.45, 7) is 18.0. The standard InChI is InChI=1S/C15H26N4S2/c1-11(2)8-16-14(20)18-6-7-19(13(5)10-18)15(21)17-9-12(3)4/h13H,1,3,6-10H2,2,4-5H3,(H,16,20)(H,17,21). The first-order chi connectivity index (χ1) is 9.81. The van der Waals surface area contributed by atoms with E-state index in [0.29, 0.717) is 6.04 Å². The Hall–Kier alpha value is -1.14. The lowest BCUT2D eigenvalue weighted by Gasteiger charge is -2.42. The molecular weight excluding hydrogens is 300 g/mol. The molecule has 1 aliphatic rings. The van der Waals surface area contributed by atoms with Gasteiger partial charge < -0.3 is 20.4 Å². The van der Waals surface area contributed by atoms with Crippen molar-refractivity contribution in [1.29, 1.82) is 0 Å². The van der Waals surface area contributed by atoms with E-state index in [2.05, 4.69) is 40.5 Å². The van der Waals surface area contributed by atoms with Crippen LogP contribution in [0.5, 0.6) is 0 Å². The van der Waals surface area contributed by atoms with E-state index < -0.39 is 0 Å². The van der Waals surface area contributed by atoms with Crippen LogP contribution in [0.4, 0.5) is 0 Å². The monoisotopic (exact) mass is 326 g/mol. The summed E-state index contributed by atoms with van der Waals surface area (Å²) in [5, 5.41) is 8.08. The maximum absolute atomic E-state index is 5.45. The van der Waals surface area contributed by atoms with Gasteiger partial charge in [0.2, 0.25) is 0 Å². The van der Waals surface area contributed by atoms with Crippen molar-refractivity contribution < 1.29 is 0 Å². The van der Waals surface area contributed by atoms with E-state index in [-0.39, 0.29) is 0 Å². The highest BCUT2D eigenvalue weighted by atomic mass is 32.1. The first-order valence-corrected chi connectivity index (χ1v) is 7.99. The molecule has 4 nitrogen and oxygen atoms in total. The Morgan fingerprint density at radius 3 is 2.05 bits per heavy atom. The molecular formula is C15H26N4S2. The van der Waals surface area contributed by atoms with E-state index in [1.165, 1.54) is 0 Å². The van der Waals surface area contributed by atoms with Crippen molar-refractivity contribution in [3.05, 3.63) is 24.3 Å². The number of nitrogens with one attached hydrogen (secondary N) is 2. The average Bonchev–Trinajstić information content (AvgIpc) is 2.41. The predicted octanol–water partition coefficient (Wildman–Crippen LogP) is 1.89. The van der Waals surface area contributed by atoms with Gasteiger partial charge in [-0.3, -0.25) is 0 Å². The van der Waals surface area contributed by atoms with Crippen LogP contribution in [0.15, 0.2) is 24.3 Å². The van der Waals surface area contributed by atoms with E-state index in [0.717, 1.165) is 54.1 Å². The van der Waals surface area contributed by atoms with E-state index in [1.807, 2.05) is 13.8 Å². The molecule has 0 aromatic rings. The molecule has 1 atom stereocenters. The topological polar surface area (TPSA) is 30.5 Å². The third-order valence-electron chi connectivity index (χ3n) is 3.26. The molecule has 1 heterocycles. The van der Waals surface area contributed by atoms with E-state index >= 15 is 0 Å². The summed E-state index contributed by atoms with van der Waals surface area (Å²) >= 11 is 10.9. The van der Waals surface area contributed by atoms with Crippen molar-refractivity contribution in [3.8, 4) is 0 Å². The van der Waals surface area contributed by atoms with Gasteiger partial charge in [-0.25, -0.2) is 0 Å². The molecule has 2 N–H and O–H groups in total. The predicted molar refractivity (Wildman–Crippen MR) is 98.6 cm³/mol. The van der Waals surface area contributed by atoms with Crippen molar-refractivity contribution in [2.45, 2.75) is 26.8 Å². The Balaban J connectivity index is 2.46. The normalized spacial score (nSPS) is 18.1. The van der Waals surface area contributed by atoms with Gasteiger partial charge in [0, 0.05) is 38.8 Å². The lowest BCUT2D eigenvalue weighted by atomic mass is 10.2. The zero-order valence-electron chi connectivity index (χ0n) is 13.2. The molecule has 6 heteroatoms. The zero-order valence-corrected chi connectivity index (χ0v) is 14.9. The van der Waals surface area contributed by atoms with Gasteiger partial charge >= 0.3 is 0 Å². The summed E-state index contributed by atoms with van der Waals surface area (Å²) in [4.78, 5) is 4.41. The summed E-state index contributed by atoms with van der Waals surface area (Å²) in [5.41, 5.74) is 2.16. The van der Waals surface area contributed by atoms with Crippen LogP contribution in [0.1, 0.15) is 20.8 Å². The molecule has 0 aromatic heterocycles. The number of piperazine rings is 1. The van der Waals surface area contributed by atoms with Gasteiger partial charge in [0.15, 0.2) is 10.2 Å². The molecule has 21 heavy (non-hydrogen) atoms. The highest BCUT2D eigenvalue weighted by Crippen LogP contribution is 2.10. The third-order valence-corrected chi connectivity index (χ3v) is 4.04. The van der Waals surface area contributed by atoms with Gasteiger partial charge in [-0.1, -0.05) is 24.3 Å². The first-order valence-electron chi connectivity index (χ1n) is 7.17. The van der Waals surface area contributed by atoms with Crippen molar-refractivity contribution in [2.24, 2.45) is 0 Å². The van der Waals surface area contributed by atoms with Crippen LogP contribution in [0.25, 0.3) is 0 Å². The minimum Gasteiger partial charge on any atom is -0.359 e.